The van der Waals surface area contributed by atoms with Gasteiger partial charge in [0, 0.05) is 7.05 Å². The van der Waals surface area contributed by atoms with Crippen LogP contribution in [-0.2, 0) is 9.53 Å². The van der Waals surface area contributed by atoms with E-state index < -0.39 is 5.60 Å². The van der Waals surface area contributed by atoms with E-state index in [9.17, 15) is 4.79 Å². The second-order valence-electron chi connectivity index (χ2n) is 2.69. The van der Waals surface area contributed by atoms with Crippen molar-refractivity contribution in [1.82, 2.24) is 5.32 Å². The Morgan fingerprint density at radius 3 is 2.64 bits per heavy atom. The normalized spacial score (nSPS) is 10.8. The minimum absolute atomic E-state index is 0.126. The molecule has 0 unspecified atom stereocenters. The van der Waals surface area contributed by atoms with Crippen molar-refractivity contribution in [2.45, 2.75) is 19.4 Å². The SMILES string of the molecule is C=CCOC(C)(C)C(=O)NC. The average molecular weight is 157 g/mol. The molecule has 0 spiro atoms. The summed E-state index contributed by atoms with van der Waals surface area (Å²) in [5.41, 5.74) is -0.761. The number of rotatable bonds is 4. The molecule has 0 bridgehead atoms. The molecule has 0 aliphatic rings. The molecule has 0 saturated carbocycles. The third-order valence-corrected chi connectivity index (χ3v) is 1.34. The van der Waals surface area contributed by atoms with Crippen molar-refractivity contribution >= 4 is 5.91 Å². The number of hydrogen-bond acceptors (Lipinski definition) is 2. The van der Waals surface area contributed by atoms with Crippen LogP contribution < -0.4 is 5.32 Å². The number of carbonyl (C=O) groups is 1. The van der Waals surface area contributed by atoms with E-state index in [0.717, 1.165) is 0 Å². The van der Waals surface area contributed by atoms with Gasteiger partial charge >= 0.3 is 0 Å². The molecule has 0 radical (unpaired) electrons. The topological polar surface area (TPSA) is 38.3 Å². The first-order valence-corrected chi connectivity index (χ1v) is 3.51. The van der Waals surface area contributed by atoms with Crippen molar-refractivity contribution in [2.24, 2.45) is 0 Å². The molecular weight excluding hydrogens is 142 g/mol. The van der Waals surface area contributed by atoms with E-state index in [1.807, 2.05) is 0 Å². The summed E-state index contributed by atoms with van der Waals surface area (Å²) in [7, 11) is 1.58. The zero-order valence-electron chi connectivity index (χ0n) is 7.31. The summed E-state index contributed by atoms with van der Waals surface area (Å²) in [6.07, 6.45) is 1.62. The largest absolute Gasteiger partial charge is 0.362 e. The molecule has 0 rings (SSSR count). The van der Waals surface area contributed by atoms with Crippen molar-refractivity contribution < 1.29 is 9.53 Å². The van der Waals surface area contributed by atoms with E-state index in [1.165, 1.54) is 0 Å². The van der Waals surface area contributed by atoms with Crippen LogP contribution in [0.25, 0.3) is 0 Å². The van der Waals surface area contributed by atoms with Gasteiger partial charge in [0.05, 0.1) is 6.61 Å². The molecule has 3 heteroatoms. The zero-order valence-corrected chi connectivity index (χ0v) is 7.31. The van der Waals surface area contributed by atoms with Gasteiger partial charge in [0.1, 0.15) is 5.60 Å². The second-order valence-corrected chi connectivity index (χ2v) is 2.69. The van der Waals surface area contributed by atoms with E-state index in [1.54, 1.807) is 27.0 Å². The van der Waals surface area contributed by atoms with Crippen molar-refractivity contribution in [3.05, 3.63) is 12.7 Å². The maximum absolute atomic E-state index is 11.1. The zero-order chi connectivity index (χ0) is 8.91. The molecule has 0 aliphatic heterocycles. The Morgan fingerprint density at radius 1 is 1.73 bits per heavy atom. The van der Waals surface area contributed by atoms with Crippen LogP contribution in [0.3, 0.4) is 0 Å². The van der Waals surface area contributed by atoms with E-state index >= 15 is 0 Å². The Bertz CT molecular complexity index is 152. The van der Waals surface area contributed by atoms with E-state index in [4.69, 9.17) is 4.74 Å². The molecule has 1 N–H and O–H groups in total. The van der Waals surface area contributed by atoms with E-state index in [-0.39, 0.29) is 5.91 Å². The monoisotopic (exact) mass is 157 g/mol. The van der Waals surface area contributed by atoms with Crippen LogP contribution in [0.4, 0.5) is 0 Å². The van der Waals surface area contributed by atoms with Gasteiger partial charge < -0.3 is 10.1 Å². The highest BCUT2D eigenvalue weighted by atomic mass is 16.5. The molecule has 0 heterocycles. The minimum Gasteiger partial charge on any atom is -0.362 e. The van der Waals surface area contributed by atoms with Gasteiger partial charge in [-0.1, -0.05) is 6.08 Å². The number of hydrogen-bond donors (Lipinski definition) is 1. The molecular formula is C8H15NO2. The van der Waals surface area contributed by atoms with Crippen LogP contribution in [-0.4, -0.2) is 25.2 Å². The summed E-state index contributed by atoms with van der Waals surface area (Å²) < 4.78 is 5.20. The maximum atomic E-state index is 11.1. The fraction of sp³-hybridized carbons (Fsp3) is 0.625. The third kappa shape index (κ3) is 3.18. The van der Waals surface area contributed by atoms with Gasteiger partial charge in [-0.05, 0) is 13.8 Å². The summed E-state index contributed by atoms with van der Waals surface area (Å²) in [5, 5.41) is 2.52. The van der Waals surface area contributed by atoms with Crippen LogP contribution in [0.1, 0.15) is 13.8 Å². The first-order valence-electron chi connectivity index (χ1n) is 3.51. The molecule has 0 aromatic rings. The lowest BCUT2D eigenvalue weighted by Gasteiger charge is -2.21. The van der Waals surface area contributed by atoms with Crippen molar-refractivity contribution in [1.29, 1.82) is 0 Å². The average Bonchev–Trinajstić information content (AvgIpc) is 1.99. The lowest BCUT2D eigenvalue weighted by atomic mass is 10.1. The molecule has 11 heavy (non-hydrogen) atoms. The number of ether oxygens (including phenoxy) is 1. The van der Waals surface area contributed by atoms with Gasteiger partial charge in [-0.2, -0.15) is 0 Å². The highest BCUT2D eigenvalue weighted by molar-refractivity contribution is 5.83. The van der Waals surface area contributed by atoms with Crippen molar-refractivity contribution in [3.63, 3.8) is 0 Å². The summed E-state index contributed by atoms with van der Waals surface area (Å²) in [6, 6.07) is 0. The lowest BCUT2D eigenvalue weighted by molar-refractivity contribution is -0.140. The van der Waals surface area contributed by atoms with Gasteiger partial charge in [-0.15, -0.1) is 6.58 Å². The molecule has 1 amide bonds. The number of nitrogens with one attached hydrogen (secondary N) is 1. The number of likely N-dealkylation sites (N-methyl/N-ethyl adjacent to an activating group) is 1. The highest BCUT2D eigenvalue weighted by Gasteiger charge is 2.26. The standard InChI is InChI=1S/C8H15NO2/c1-5-6-11-8(2,3)7(10)9-4/h5H,1,6H2,2-4H3,(H,9,10). The van der Waals surface area contributed by atoms with Crippen LogP contribution in [0.2, 0.25) is 0 Å². The van der Waals surface area contributed by atoms with Gasteiger partial charge in [0.15, 0.2) is 0 Å². The molecule has 0 aromatic heterocycles. The quantitative estimate of drug-likeness (QED) is 0.610. The van der Waals surface area contributed by atoms with E-state index in [2.05, 4.69) is 11.9 Å². The molecule has 3 nitrogen and oxygen atoms in total. The highest BCUT2D eigenvalue weighted by Crippen LogP contribution is 2.08. The first-order chi connectivity index (χ1) is 5.04. The number of carbonyl (C=O) groups excluding carboxylic acids is 1. The van der Waals surface area contributed by atoms with Gasteiger partial charge in [0.25, 0.3) is 5.91 Å². The Hall–Kier alpha value is -0.830. The molecule has 0 saturated heterocycles. The lowest BCUT2D eigenvalue weighted by Crippen LogP contribution is -2.42. The van der Waals surface area contributed by atoms with Crippen molar-refractivity contribution in [2.75, 3.05) is 13.7 Å². The third-order valence-electron chi connectivity index (χ3n) is 1.34. The predicted octanol–water partition coefficient (Wildman–Crippen LogP) is 0.714. The molecule has 0 aromatic carbocycles. The Labute approximate surface area is 67.4 Å². The van der Waals surface area contributed by atoms with Crippen molar-refractivity contribution in [3.8, 4) is 0 Å². The second kappa shape index (κ2) is 4.13. The summed E-state index contributed by atoms with van der Waals surface area (Å²) >= 11 is 0. The fourth-order valence-corrected chi connectivity index (χ4v) is 0.634. The molecule has 64 valence electrons. The van der Waals surface area contributed by atoms with Crippen LogP contribution >= 0.6 is 0 Å². The molecule has 0 fully saturated rings. The first kappa shape index (κ1) is 10.2. The summed E-state index contributed by atoms with van der Waals surface area (Å²) in [6.45, 7) is 7.32. The van der Waals surface area contributed by atoms with Gasteiger partial charge in [-0.3, -0.25) is 4.79 Å². The predicted molar refractivity (Wildman–Crippen MR) is 44.3 cm³/mol. The smallest absolute Gasteiger partial charge is 0.251 e. The Morgan fingerprint density at radius 2 is 2.27 bits per heavy atom. The summed E-state index contributed by atoms with van der Waals surface area (Å²) in [4.78, 5) is 11.1. The Balaban J connectivity index is 3.97. The van der Waals surface area contributed by atoms with Gasteiger partial charge in [0.2, 0.25) is 0 Å². The molecule has 0 atom stereocenters. The minimum atomic E-state index is -0.761. The fourth-order valence-electron chi connectivity index (χ4n) is 0.634. The van der Waals surface area contributed by atoms with Gasteiger partial charge in [-0.25, -0.2) is 0 Å². The van der Waals surface area contributed by atoms with Crippen LogP contribution in [0.15, 0.2) is 12.7 Å². The maximum Gasteiger partial charge on any atom is 0.251 e. The Kier molecular flexibility index (Phi) is 3.82. The van der Waals surface area contributed by atoms with E-state index in [0.29, 0.717) is 6.61 Å². The number of amides is 1. The van der Waals surface area contributed by atoms with Crippen LogP contribution in [0, 0.1) is 0 Å². The molecule has 0 aliphatic carbocycles. The van der Waals surface area contributed by atoms with Crippen LogP contribution in [0.5, 0.6) is 0 Å². The summed E-state index contributed by atoms with van der Waals surface area (Å²) in [5.74, 6) is -0.126.